The minimum Gasteiger partial charge on any atom is -0.289 e. The fourth-order valence-corrected chi connectivity index (χ4v) is 11.3. The quantitative estimate of drug-likeness (QED) is 0.0920. The van der Waals surface area contributed by atoms with E-state index < -0.39 is 0 Å². The van der Waals surface area contributed by atoms with Gasteiger partial charge in [-0.3, -0.25) is 9.59 Å². The van der Waals surface area contributed by atoms with Gasteiger partial charge in [0.2, 0.25) is 0 Å². The van der Waals surface area contributed by atoms with E-state index in [9.17, 15) is 9.59 Å². The molecule has 3 aliphatic rings. The topological polar surface area (TPSA) is 34.1 Å². The van der Waals surface area contributed by atoms with Crippen LogP contribution < -0.4 is 0 Å². The molecule has 0 N–H and O–H groups in total. The summed E-state index contributed by atoms with van der Waals surface area (Å²) >= 11 is 3.42. The van der Waals surface area contributed by atoms with Crippen molar-refractivity contribution >= 4 is 34.2 Å². The van der Waals surface area contributed by atoms with E-state index >= 15 is 0 Å². The molecule has 0 bridgehead atoms. The Balaban J connectivity index is 1.18. The minimum absolute atomic E-state index is 0.114. The van der Waals surface area contributed by atoms with E-state index in [4.69, 9.17) is 0 Å². The molecule has 0 aliphatic heterocycles. The van der Waals surface area contributed by atoms with Gasteiger partial charge in [-0.1, -0.05) is 127 Å². The number of hydrogen-bond donors (Lipinski definition) is 0. The summed E-state index contributed by atoms with van der Waals surface area (Å²) in [6.45, 7) is 4.58. The molecule has 2 aromatic heterocycles. The lowest BCUT2D eigenvalue weighted by Crippen LogP contribution is -2.26. The molecule has 6 aromatic rings. The van der Waals surface area contributed by atoms with Crippen molar-refractivity contribution in [3.05, 3.63) is 129 Å². The molecule has 2 heterocycles. The monoisotopic (exact) mass is 758 g/mol. The Morgan fingerprint density at radius 3 is 1.25 bits per heavy atom. The van der Waals surface area contributed by atoms with Crippen LogP contribution in [0.4, 0.5) is 0 Å². The first kappa shape index (κ1) is 36.3. The highest BCUT2D eigenvalue weighted by Crippen LogP contribution is 2.59. The Morgan fingerprint density at radius 2 is 0.836 bits per heavy atom. The van der Waals surface area contributed by atoms with E-state index in [2.05, 4.69) is 110 Å². The standard InChI is InChI=1S/C51H50O2S2/c1-3-5-7-9-11-13-23-51(24-14-12-10-8-6-4-2)45-31-37-35-21-19-33(47-17-15-25-54-47)27-41(35)49(52)43(37)29-39(45)40-30-44-38(32-46(40)51)36-22-20-34(28-42(36)50(44)53)48-18-16-26-55-48/h15-22,25-32H,3-14,23-24H2,1-2H3. The number of hydrogen-bond acceptors (Lipinski definition) is 4. The summed E-state index contributed by atoms with van der Waals surface area (Å²) in [6.07, 6.45) is 17.2. The second-order valence-electron chi connectivity index (χ2n) is 16.1. The van der Waals surface area contributed by atoms with Crippen molar-refractivity contribution in [3.63, 3.8) is 0 Å². The van der Waals surface area contributed by atoms with Gasteiger partial charge in [0.05, 0.1) is 0 Å². The van der Waals surface area contributed by atoms with E-state index in [1.165, 1.54) is 97.9 Å². The van der Waals surface area contributed by atoms with Gasteiger partial charge < -0.3 is 0 Å². The molecule has 0 atom stereocenters. The van der Waals surface area contributed by atoms with E-state index in [1.807, 2.05) is 0 Å². The smallest absolute Gasteiger partial charge is 0.194 e. The van der Waals surface area contributed by atoms with Gasteiger partial charge in [0.25, 0.3) is 0 Å². The number of carbonyl (C=O) groups excluding carboxylic acids is 2. The average molecular weight is 759 g/mol. The van der Waals surface area contributed by atoms with E-state index in [1.54, 1.807) is 22.7 Å². The Hall–Kier alpha value is -4.38. The minimum atomic E-state index is -0.171. The zero-order chi connectivity index (χ0) is 37.5. The number of rotatable bonds is 16. The van der Waals surface area contributed by atoms with Crippen LogP contribution in [-0.2, 0) is 5.41 Å². The maximum absolute atomic E-state index is 14.3. The van der Waals surface area contributed by atoms with Crippen LogP contribution in [0.2, 0.25) is 0 Å². The third kappa shape index (κ3) is 6.30. The maximum Gasteiger partial charge on any atom is 0.194 e. The fraction of sp³-hybridized carbons (Fsp3) is 0.333. The zero-order valence-electron chi connectivity index (χ0n) is 32.3. The Kier molecular flexibility index (Phi) is 10.1. The molecule has 55 heavy (non-hydrogen) atoms. The van der Waals surface area contributed by atoms with Gasteiger partial charge in [-0.2, -0.15) is 0 Å². The van der Waals surface area contributed by atoms with Gasteiger partial charge in [0.1, 0.15) is 0 Å². The van der Waals surface area contributed by atoms with Crippen LogP contribution in [-0.4, -0.2) is 11.6 Å². The summed E-state index contributed by atoms with van der Waals surface area (Å²) in [5, 5.41) is 4.19. The zero-order valence-corrected chi connectivity index (χ0v) is 33.9. The van der Waals surface area contributed by atoms with E-state index in [-0.39, 0.29) is 17.0 Å². The van der Waals surface area contributed by atoms with Crippen LogP contribution >= 0.6 is 22.7 Å². The molecule has 0 radical (unpaired) electrons. The number of thiophene rings is 2. The van der Waals surface area contributed by atoms with Crippen LogP contribution in [0.3, 0.4) is 0 Å². The van der Waals surface area contributed by atoms with Crippen LogP contribution in [0, 0.1) is 0 Å². The summed E-state index contributed by atoms with van der Waals surface area (Å²) in [7, 11) is 0. The van der Waals surface area contributed by atoms with E-state index in [0.29, 0.717) is 0 Å². The van der Waals surface area contributed by atoms with Crippen LogP contribution in [0.5, 0.6) is 0 Å². The van der Waals surface area contributed by atoms with Crippen molar-refractivity contribution in [2.45, 2.75) is 109 Å². The highest BCUT2D eigenvalue weighted by Gasteiger charge is 2.46. The fourth-order valence-electron chi connectivity index (χ4n) is 9.90. The summed E-state index contributed by atoms with van der Waals surface area (Å²) in [5.41, 5.74) is 14.6. The molecule has 0 amide bonds. The molecular formula is C51H50O2S2. The van der Waals surface area contributed by atoms with Gasteiger partial charge in [-0.05, 0) is 128 Å². The van der Waals surface area contributed by atoms with Crippen LogP contribution in [0.1, 0.15) is 147 Å². The summed E-state index contributed by atoms with van der Waals surface area (Å²) < 4.78 is 0. The number of carbonyl (C=O) groups is 2. The molecule has 0 saturated heterocycles. The lowest BCUT2D eigenvalue weighted by molar-refractivity contribution is 0.103. The first-order chi connectivity index (χ1) is 27.0. The van der Waals surface area contributed by atoms with Crippen molar-refractivity contribution in [1.29, 1.82) is 0 Å². The number of benzene rings is 4. The van der Waals surface area contributed by atoms with Crippen molar-refractivity contribution in [2.24, 2.45) is 0 Å². The maximum atomic E-state index is 14.3. The predicted molar refractivity (Wildman–Crippen MR) is 233 cm³/mol. The normalized spacial score (nSPS) is 14.1. The van der Waals surface area contributed by atoms with Crippen molar-refractivity contribution in [1.82, 2.24) is 0 Å². The first-order valence-corrected chi connectivity index (χ1v) is 22.6. The second-order valence-corrected chi connectivity index (χ2v) is 18.0. The highest BCUT2D eigenvalue weighted by atomic mass is 32.1. The molecule has 0 fully saturated rings. The highest BCUT2D eigenvalue weighted by molar-refractivity contribution is 7.13. The first-order valence-electron chi connectivity index (χ1n) is 20.9. The summed E-state index contributed by atoms with van der Waals surface area (Å²) in [6, 6.07) is 30.6. The number of fused-ring (bicyclic) bond motifs is 9. The number of ketones is 2. The van der Waals surface area contributed by atoms with E-state index in [0.717, 1.165) is 79.6 Å². The molecule has 3 aliphatic carbocycles. The Bertz CT molecular complexity index is 2220. The van der Waals surface area contributed by atoms with Crippen molar-refractivity contribution in [3.8, 4) is 54.3 Å². The number of unbranched alkanes of at least 4 members (excludes halogenated alkanes) is 10. The predicted octanol–water partition coefficient (Wildman–Crippen LogP) is 15.3. The van der Waals surface area contributed by atoms with Gasteiger partial charge in [-0.15, -0.1) is 22.7 Å². The van der Waals surface area contributed by atoms with Crippen LogP contribution in [0.15, 0.2) is 95.7 Å². The Morgan fingerprint density at radius 1 is 0.418 bits per heavy atom. The lowest BCUT2D eigenvalue weighted by Gasteiger charge is -2.33. The largest absolute Gasteiger partial charge is 0.289 e. The molecule has 0 unspecified atom stereocenters. The van der Waals surface area contributed by atoms with Gasteiger partial charge in [0, 0.05) is 37.4 Å². The van der Waals surface area contributed by atoms with Gasteiger partial charge in [0.15, 0.2) is 11.6 Å². The van der Waals surface area contributed by atoms with Gasteiger partial charge >= 0.3 is 0 Å². The third-order valence-corrected chi connectivity index (χ3v) is 14.6. The second kappa shape index (κ2) is 15.3. The Labute approximate surface area is 334 Å². The van der Waals surface area contributed by atoms with Gasteiger partial charge in [-0.25, -0.2) is 0 Å². The molecule has 2 nitrogen and oxygen atoms in total. The molecule has 4 aromatic carbocycles. The molecule has 278 valence electrons. The van der Waals surface area contributed by atoms with Crippen molar-refractivity contribution in [2.75, 3.05) is 0 Å². The SMILES string of the molecule is CCCCCCCCC1(CCCCCCCC)c2cc3c(cc2-c2cc4c(cc21)-c1ccc(-c2cccs2)cc1C4=O)C(=O)c1cc(-c2cccs2)ccc1-3. The third-order valence-electron chi connectivity index (χ3n) is 12.8. The van der Waals surface area contributed by atoms with Crippen molar-refractivity contribution < 1.29 is 9.59 Å². The molecule has 9 rings (SSSR count). The molecule has 4 heteroatoms. The molecule has 0 spiro atoms. The lowest BCUT2D eigenvalue weighted by atomic mass is 9.69. The summed E-state index contributed by atoms with van der Waals surface area (Å²) in [4.78, 5) is 31.1. The average Bonchev–Trinajstić information content (AvgIpc) is 4.06. The molecule has 0 saturated carbocycles. The summed E-state index contributed by atoms with van der Waals surface area (Å²) in [5.74, 6) is 0.228. The molecular weight excluding hydrogens is 709 g/mol. The van der Waals surface area contributed by atoms with Crippen LogP contribution in [0.25, 0.3) is 54.3 Å².